The lowest BCUT2D eigenvalue weighted by molar-refractivity contribution is 0.561. The molecule has 7 heteroatoms. The molecule has 0 aliphatic heterocycles. The largest absolute Gasteiger partial charge is 0.326 e. The van der Waals surface area contributed by atoms with Gasteiger partial charge in [-0.2, -0.15) is 0 Å². The summed E-state index contributed by atoms with van der Waals surface area (Å²) >= 11 is 0. The van der Waals surface area contributed by atoms with Crippen LogP contribution in [0.3, 0.4) is 0 Å². The number of fused-ring (bicyclic) bond motifs is 2. The average Bonchev–Trinajstić information content (AvgIpc) is 3.13. The van der Waals surface area contributed by atoms with Crippen LogP contribution in [0.1, 0.15) is 32.2 Å². The number of nitrogens with zero attached hydrogens (tertiary/aromatic N) is 3. The number of para-hydroxylation sites is 2. The molecule has 3 heterocycles. The van der Waals surface area contributed by atoms with E-state index in [0.717, 1.165) is 16.7 Å². The van der Waals surface area contributed by atoms with Crippen molar-refractivity contribution in [1.29, 1.82) is 0 Å². The fourth-order valence-corrected chi connectivity index (χ4v) is 3.11. The van der Waals surface area contributed by atoms with Gasteiger partial charge in [-0.1, -0.05) is 32.9 Å². The second-order valence-corrected chi connectivity index (χ2v) is 7.55. The molecule has 4 rings (SSSR count). The molecule has 0 amide bonds. The highest BCUT2D eigenvalue weighted by Gasteiger charge is 2.18. The third-order valence-electron chi connectivity index (χ3n) is 4.58. The van der Waals surface area contributed by atoms with Crippen molar-refractivity contribution >= 4 is 16.7 Å². The van der Waals surface area contributed by atoms with Gasteiger partial charge < -0.3 is 4.98 Å². The van der Waals surface area contributed by atoms with Crippen molar-refractivity contribution in [2.75, 3.05) is 0 Å². The first-order valence-corrected chi connectivity index (χ1v) is 8.63. The first kappa shape index (κ1) is 16.4. The van der Waals surface area contributed by atoms with Gasteiger partial charge in [0.2, 0.25) is 0 Å². The van der Waals surface area contributed by atoms with Crippen LogP contribution >= 0.6 is 0 Å². The molecule has 0 aliphatic carbocycles. The van der Waals surface area contributed by atoms with Gasteiger partial charge in [-0.25, -0.2) is 14.3 Å². The van der Waals surface area contributed by atoms with E-state index in [1.165, 1.54) is 10.6 Å². The number of aromatic amines is 2. The van der Waals surface area contributed by atoms with Crippen molar-refractivity contribution in [3.05, 3.63) is 68.6 Å². The van der Waals surface area contributed by atoms with Gasteiger partial charge in [-0.05, 0) is 12.1 Å². The molecule has 0 atom stereocenters. The normalized spacial score (nSPS) is 12.3. The maximum atomic E-state index is 12.4. The van der Waals surface area contributed by atoms with Crippen LogP contribution in [0.5, 0.6) is 0 Å². The first-order valence-electron chi connectivity index (χ1n) is 8.63. The van der Waals surface area contributed by atoms with Crippen LogP contribution in [-0.2, 0) is 18.4 Å². The van der Waals surface area contributed by atoms with Gasteiger partial charge >= 0.3 is 5.69 Å². The molecule has 0 unspecified atom stereocenters. The van der Waals surface area contributed by atoms with Gasteiger partial charge in [0.1, 0.15) is 0 Å². The van der Waals surface area contributed by atoms with E-state index in [1.807, 2.05) is 30.3 Å². The second kappa shape index (κ2) is 5.72. The number of aromatic nitrogens is 5. The van der Waals surface area contributed by atoms with Gasteiger partial charge in [0.25, 0.3) is 5.56 Å². The number of imidazole rings is 1. The summed E-state index contributed by atoms with van der Waals surface area (Å²) < 4.78 is 3.14. The SMILES string of the molecule is CC(C)(C)c1cc2nc(CCn3c(=O)[nH]c4ccccc43)cc(=O)n2[nH]1. The summed E-state index contributed by atoms with van der Waals surface area (Å²) in [6.45, 7) is 6.69. The van der Waals surface area contributed by atoms with E-state index in [-0.39, 0.29) is 16.7 Å². The predicted octanol–water partition coefficient (Wildman–Crippen LogP) is 2.21. The molecule has 1 aromatic carbocycles. The van der Waals surface area contributed by atoms with Gasteiger partial charge in [0.05, 0.1) is 16.7 Å². The zero-order valence-electron chi connectivity index (χ0n) is 15.0. The number of rotatable bonds is 3. The zero-order chi connectivity index (χ0) is 18.5. The Labute approximate surface area is 149 Å². The molecule has 7 nitrogen and oxygen atoms in total. The quantitative estimate of drug-likeness (QED) is 0.593. The van der Waals surface area contributed by atoms with Crippen LogP contribution in [0.4, 0.5) is 0 Å². The molecule has 3 aromatic heterocycles. The third kappa shape index (κ3) is 2.75. The van der Waals surface area contributed by atoms with Gasteiger partial charge in [-0.3, -0.25) is 14.5 Å². The molecule has 0 saturated heterocycles. The highest BCUT2D eigenvalue weighted by molar-refractivity contribution is 5.74. The molecule has 134 valence electrons. The fraction of sp³-hybridized carbons (Fsp3) is 0.316. The topological polar surface area (TPSA) is 87.9 Å². The number of aryl methyl sites for hydroxylation is 2. The number of hydrogen-bond acceptors (Lipinski definition) is 3. The standard InChI is InChI=1S/C19H21N5O2/c1-19(2,3)15-11-16-20-12(10-17(25)24(16)22-15)8-9-23-14-7-5-4-6-13(14)21-18(23)26/h4-7,10-11,22H,8-9H2,1-3H3,(H,21,26). The summed E-state index contributed by atoms with van der Waals surface area (Å²) in [4.78, 5) is 32.0. The van der Waals surface area contributed by atoms with E-state index in [9.17, 15) is 9.59 Å². The van der Waals surface area contributed by atoms with Crippen LogP contribution in [0, 0.1) is 0 Å². The fourth-order valence-electron chi connectivity index (χ4n) is 3.11. The lowest BCUT2D eigenvalue weighted by Crippen LogP contribution is -2.20. The summed E-state index contributed by atoms with van der Waals surface area (Å²) in [6.07, 6.45) is 0.503. The Balaban J connectivity index is 1.68. The Morgan fingerprint density at radius 1 is 1.12 bits per heavy atom. The number of hydrogen-bond donors (Lipinski definition) is 2. The minimum atomic E-state index is -0.152. The maximum Gasteiger partial charge on any atom is 0.326 e. The Morgan fingerprint density at radius 2 is 1.88 bits per heavy atom. The Bertz CT molecular complexity index is 1220. The van der Waals surface area contributed by atoms with Crippen molar-refractivity contribution in [3.8, 4) is 0 Å². The average molecular weight is 351 g/mol. The molecule has 2 N–H and O–H groups in total. The van der Waals surface area contributed by atoms with Crippen LogP contribution in [0.2, 0.25) is 0 Å². The molecule has 0 saturated carbocycles. The molecular formula is C19H21N5O2. The van der Waals surface area contributed by atoms with Crippen LogP contribution < -0.4 is 11.2 Å². The summed E-state index contributed by atoms with van der Waals surface area (Å²) in [6, 6.07) is 11.0. The van der Waals surface area contributed by atoms with E-state index >= 15 is 0 Å². The second-order valence-electron chi connectivity index (χ2n) is 7.55. The third-order valence-corrected chi connectivity index (χ3v) is 4.58. The number of H-pyrrole nitrogens is 2. The van der Waals surface area contributed by atoms with E-state index in [0.29, 0.717) is 24.3 Å². The lowest BCUT2D eigenvalue weighted by atomic mass is 9.93. The van der Waals surface area contributed by atoms with Gasteiger partial charge in [0, 0.05) is 36.2 Å². The molecule has 0 aliphatic rings. The monoisotopic (exact) mass is 351 g/mol. The summed E-state index contributed by atoms with van der Waals surface area (Å²) in [5.41, 5.74) is 3.49. The van der Waals surface area contributed by atoms with E-state index < -0.39 is 0 Å². The number of nitrogens with one attached hydrogen (secondary N) is 2. The van der Waals surface area contributed by atoms with Crippen LogP contribution in [0.15, 0.2) is 46.0 Å². The molecular weight excluding hydrogens is 330 g/mol. The number of benzene rings is 1. The Morgan fingerprint density at radius 3 is 2.65 bits per heavy atom. The van der Waals surface area contributed by atoms with Crippen molar-refractivity contribution in [1.82, 2.24) is 24.1 Å². The zero-order valence-corrected chi connectivity index (χ0v) is 15.0. The minimum absolute atomic E-state index is 0.0996. The van der Waals surface area contributed by atoms with E-state index in [4.69, 9.17) is 0 Å². The van der Waals surface area contributed by atoms with Crippen LogP contribution in [-0.4, -0.2) is 24.1 Å². The van der Waals surface area contributed by atoms with Gasteiger partial charge in [0.15, 0.2) is 5.65 Å². The van der Waals surface area contributed by atoms with Crippen molar-refractivity contribution < 1.29 is 0 Å². The molecule has 0 spiro atoms. The highest BCUT2D eigenvalue weighted by atomic mass is 16.1. The van der Waals surface area contributed by atoms with Gasteiger partial charge in [-0.15, -0.1) is 0 Å². The van der Waals surface area contributed by atoms with Crippen molar-refractivity contribution in [2.24, 2.45) is 0 Å². The molecule has 26 heavy (non-hydrogen) atoms. The molecule has 0 bridgehead atoms. The summed E-state index contributed by atoms with van der Waals surface area (Å²) in [7, 11) is 0. The predicted molar refractivity (Wildman–Crippen MR) is 101 cm³/mol. The minimum Gasteiger partial charge on any atom is -0.306 e. The summed E-state index contributed by atoms with van der Waals surface area (Å²) in [5, 5.41) is 3.12. The lowest BCUT2D eigenvalue weighted by Gasteiger charge is -2.14. The van der Waals surface area contributed by atoms with Crippen molar-refractivity contribution in [2.45, 2.75) is 39.2 Å². The Kier molecular flexibility index (Phi) is 3.61. The van der Waals surface area contributed by atoms with E-state index in [1.54, 1.807) is 4.57 Å². The van der Waals surface area contributed by atoms with Crippen LogP contribution in [0.25, 0.3) is 16.7 Å². The van der Waals surface area contributed by atoms with Crippen molar-refractivity contribution in [3.63, 3.8) is 0 Å². The van der Waals surface area contributed by atoms with E-state index in [2.05, 4.69) is 35.8 Å². The smallest absolute Gasteiger partial charge is 0.306 e. The molecule has 0 radical (unpaired) electrons. The summed E-state index contributed by atoms with van der Waals surface area (Å²) in [5.74, 6) is 0. The first-order chi connectivity index (χ1) is 12.3. The molecule has 4 aromatic rings. The Hall–Kier alpha value is -3.09. The molecule has 0 fully saturated rings. The maximum absolute atomic E-state index is 12.4. The highest BCUT2D eigenvalue weighted by Crippen LogP contribution is 2.21.